The largest absolute Gasteiger partial charge is 0.387 e. The second-order valence-electron chi connectivity index (χ2n) is 8.64. The van der Waals surface area contributed by atoms with Crippen molar-refractivity contribution in [3.8, 4) is 11.4 Å². The molecule has 1 fully saturated rings. The van der Waals surface area contributed by atoms with Gasteiger partial charge in [0.2, 0.25) is 11.7 Å². The fraction of sp³-hybridized carbons (Fsp3) is 0.625. The van der Waals surface area contributed by atoms with Gasteiger partial charge in [0.15, 0.2) is 0 Å². The van der Waals surface area contributed by atoms with Crippen LogP contribution < -0.4 is 5.73 Å². The molecule has 5 nitrogen and oxygen atoms in total. The summed E-state index contributed by atoms with van der Waals surface area (Å²) >= 11 is 0. The highest BCUT2D eigenvalue weighted by Gasteiger charge is 2.52. The van der Waals surface area contributed by atoms with E-state index in [9.17, 15) is 0 Å². The van der Waals surface area contributed by atoms with Gasteiger partial charge in [-0.25, -0.2) is 0 Å². The van der Waals surface area contributed by atoms with E-state index in [1.54, 1.807) is 0 Å². The molecule has 0 unspecified atom stereocenters. The molecule has 0 amide bonds. The molecule has 6 heteroatoms. The van der Waals surface area contributed by atoms with E-state index in [0.29, 0.717) is 11.7 Å². The Morgan fingerprint density at radius 2 is 1.70 bits per heavy atom. The molecule has 1 saturated carbocycles. The maximum atomic E-state index is 7.79. The molecule has 1 aromatic carbocycles. The molecule has 0 bridgehead atoms. The zero-order valence-electron chi connectivity index (χ0n) is 18.5. The van der Waals surface area contributed by atoms with Gasteiger partial charge in [-0.15, -0.1) is 12.4 Å². The van der Waals surface area contributed by atoms with Crippen molar-refractivity contribution in [2.24, 2.45) is 5.73 Å². The molecule has 1 aromatic heterocycles. The summed E-state index contributed by atoms with van der Waals surface area (Å²) in [6.07, 6.45) is 14.8. The first kappa shape index (κ1) is 24.4. The first-order valence-corrected chi connectivity index (χ1v) is 11.4. The number of nitrogens with two attached hydrogens (primary N) is 1. The number of benzene rings is 1. The number of hydrogen-bond donors (Lipinski definition) is 2. The van der Waals surface area contributed by atoms with Crippen LogP contribution in [0.2, 0.25) is 0 Å². The van der Waals surface area contributed by atoms with Crippen LogP contribution in [0.3, 0.4) is 0 Å². The highest BCUT2D eigenvalue weighted by atomic mass is 35.5. The lowest BCUT2D eigenvalue weighted by molar-refractivity contribution is 0.367. The Hall–Kier alpha value is -1.88. The van der Waals surface area contributed by atoms with Crippen molar-refractivity contribution in [2.75, 3.05) is 0 Å². The lowest BCUT2D eigenvalue weighted by Gasteiger charge is -2.08. The van der Waals surface area contributed by atoms with E-state index in [0.717, 1.165) is 24.8 Å². The molecule has 1 heterocycles. The van der Waals surface area contributed by atoms with Gasteiger partial charge in [0, 0.05) is 5.56 Å². The van der Waals surface area contributed by atoms with Gasteiger partial charge in [0.25, 0.3) is 0 Å². The summed E-state index contributed by atoms with van der Waals surface area (Å²) in [6.45, 7) is 4.44. The minimum absolute atomic E-state index is 0. The Bertz CT molecular complexity index is 813. The van der Waals surface area contributed by atoms with Crippen LogP contribution in [0.15, 0.2) is 22.7 Å². The predicted octanol–water partition coefficient (Wildman–Crippen LogP) is 6.51. The summed E-state index contributed by atoms with van der Waals surface area (Å²) in [7, 11) is 0. The average molecular weight is 433 g/mol. The number of aromatic nitrogens is 2. The Morgan fingerprint density at radius 1 is 1.07 bits per heavy atom. The van der Waals surface area contributed by atoms with Crippen LogP contribution in [0, 0.1) is 12.3 Å². The van der Waals surface area contributed by atoms with Crippen LogP contribution in [-0.4, -0.2) is 16.0 Å². The van der Waals surface area contributed by atoms with Crippen molar-refractivity contribution < 1.29 is 4.52 Å². The zero-order valence-corrected chi connectivity index (χ0v) is 19.3. The van der Waals surface area contributed by atoms with Gasteiger partial charge in [-0.1, -0.05) is 75.6 Å². The molecular formula is C24H37ClN4O. The van der Waals surface area contributed by atoms with Gasteiger partial charge in [-0.2, -0.15) is 4.98 Å². The highest BCUT2D eigenvalue weighted by Crippen LogP contribution is 2.47. The molecule has 0 radical (unpaired) electrons. The Kier molecular flexibility index (Phi) is 9.35. The van der Waals surface area contributed by atoms with Gasteiger partial charge >= 0.3 is 0 Å². The van der Waals surface area contributed by atoms with E-state index in [-0.39, 0.29) is 18.2 Å². The van der Waals surface area contributed by atoms with E-state index >= 15 is 0 Å². The molecular weight excluding hydrogens is 396 g/mol. The Balaban J connectivity index is 0.00000320. The number of aryl methyl sites for hydroxylation is 2. The molecule has 2 aromatic rings. The molecule has 0 spiro atoms. The van der Waals surface area contributed by atoms with E-state index in [1.165, 1.54) is 68.9 Å². The average Bonchev–Trinajstić information content (AvgIpc) is 3.39. The summed E-state index contributed by atoms with van der Waals surface area (Å²) < 4.78 is 5.46. The molecule has 3 N–H and O–H groups in total. The molecule has 3 rings (SSSR count). The maximum Gasteiger partial charge on any atom is 0.240 e. The van der Waals surface area contributed by atoms with Crippen molar-refractivity contribution in [3.63, 3.8) is 0 Å². The van der Waals surface area contributed by atoms with Crippen molar-refractivity contribution >= 4 is 18.2 Å². The van der Waals surface area contributed by atoms with Crippen molar-refractivity contribution in [3.05, 3.63) is 35.2 Å². The normalized spacial score (nSPS) is 14.3. The minimum Gasteiger partial charge on any atom is -0.387 e. The highest BCUT2D eigenvalue weighted by molar-refractivity contribution is 5.91. The number of rotatable bonds is 13. The van der Waals surface area contributed by atoms with Gasteiger partial charge in [0.1, 0.15) is 11.3 Å². The summed E-state index contributed by atoms with van der Waals surface area (Å²) in [5.74, 6) is 1.21. The second-order valence-corrected chi connectivity index (χ2v) is 8.64. The van der Waals surface area contributed by atoms with Crippen LogP contribution in [0.4, 0.5) is 0 Å². The third-order valence-electron chi connectivity index (χ3n) is 6.26. The number of halogens is 1. The van der Waals surface area contributed by atoms with Gasteiger partial charge < -0.3 is 10.3 Å². The van der Waals surface area contributed by atoms with E-state index in [2.05, 4.69) is 42.2 Å². The van der Waals surface area contributed by atoms with Crippen LogP contribution in [-0.2, 0) is 11.8 Å². The SMILES string of the molecule is CCCCCCCCCCCc1cc(-c2noc(C3(C(=N)N)CC3)n2)ccc1C.Cl. The first-order chi connectivity index (χ1) is 14.1. The van der Waals surface area contributed by atoms with Gasteiger partial charge in [-0.3, -0.25) is 5.41 Å². The molecule has 1 aliphatic carbocycles. The van der Waals surface area contributed by atoms with E-state index < -0.39 is 5.41 Å². The summed E-state index contributed by atoms with van der Waals surface area (Å²) in [6, 6.07) is 6.39. The molecule has 166 valence electrons. The molecule has 0 atom stereocenters. The summed E-state index contributed by atoms with van der Waals surface area (Å²) in [4.78, 5) is 4.56. The third-order valence-corrected chi connectivity index (χ3v) is 6.26. The van der Waals surface area contributed by atoms with Crippen molar-refractivity contribution in [1.29, 1.82) is 5.41 Å². The monoisotopic (exact) mass is 432 g/mol. The second kappa shape index (κ2) is 11.5. The molecule has 0 saturated heterocycles. The molecule has 1 aliphatic rings. The summed E-state index contributed by atoms with van der Waals surface area (Å²) in [5, 5.41) is 11.9. The van der Waals surface area contributed by atoms with E-state index in [1.807, 2.05) is 0 Å². The van der Waals surface area contributed by atoms with Crippen LogP contribution in [0.1, 0.15) is 94.6 Å². The molecule has 30 heavy (non-hydrogen) atoms. The lowest BCUT2D eigenvalue weighted by Crippen LogP contribution is -2.27. The van der Waals surface area contributed by atoms with Crippen molar-refractivity contribution in [1.82, 2.24) is 10.1 Å². The number of nitrogens with one attached hydrogen (secondary N) is 1. The van der Waals surface area contributed by atoms with Gasteiger partial charge in [0.05, 0.1) is 0 Å². The van der Waals surface area contributed by atoms with E-state index in [4.69, 9.17) is 15.7 Å². The zero-order chi connectivity index (χ0) is 20.7. The number of unbranched alkanes of at least 4 members (excludes halogenated alkanes) is 8. The number of hydrogen-bond acceptors (Lipinski definition) is 4. The predicted molar refractivity (Wildman–Crippen MR) is 125 cm³/mol. The van der Waals surface area contributed by atoms with Crippen LogP contribution in [0.5, 0.6) is 0 Å². The summed E-state index contributed by atoms with van der Waals surface area (Å²) in [5.41, 5.74) is 8.89. The van der Waals surface area contributed by atoms with Crippen LogP contribution in [0.25, 0.3) is 11.4 Å². The Labute approximate surface area is 187 Å². The molecule has 0 aliphatic heterocycles. The number of nitrogens with zero attached hydrogens (tertiary/aromatic N) is 2. The van der Waals surface area contributed by atoms with Crippen LogP contribution >= 0.6 is 12.4 Å². The standard InChI is InChI=1S/C24H36N4O.ClH/c1-3-4-5-6-7-8-9-10-11-12-19-17-20(14-13-18(19)2)21-27-23(29-28-21)24(15-16-24)22(25)26;/h13-14,17H,3-12,15-16H2,1-2H3,(H3,25,26);1H. The fourth-order valence-corrected chi connectivity index (χ4v) is 3.96. The van der Waals surface area contributed by atoms with Gasteiger partial charge in [-0.05, 0) is 49.8 Å². The topological polar surface area (TPSA) is 88.8 Å². The van der Waals surface area contributed by atoms with Crippen molar-refractivity contribution in [2.45, 2.75) is 96.3 Å². The third kappa shape index (κ3) is 6.07. The fourth-order valence-electron chi connectivity index (χ4n) is 3.96. The number of amidine groups is 1. The quantitative estimate of drug-likeness (QED) is 0.214. The lowest BCUT2D eigenvalue weighted by atomic mass is 9.98. The first-order valence-electron chi connectivity index (χ1n) is 11.4. The Morgan fingerprint density at radius 3 is 2.30 bits per heavy atom. The minimum atomic E-state index is -0.505. The smallest absolute Gasteiger partial charge is 0.240 e. The maximum absolute atomic E-state index is 7.79.